The Hall–Kier alpha value is -2.00. The molecule has 3 rings (SSSR count). The van der Waals surface area contributed by atoms with Crippen molar-refractivity contribution in [1.29, 1.82) is 0 Å². The first-order valence-electron chi connectivity index (χ1n) is 11.3. The zero-order valence-electron chi connectivity index (χ0n) is 19.9. The molecule has 2 aromatic carbocycles. The van der Waals surface area contributed by atoms with Crippen molar-refractivity contribution in [2.45, 2.75) is 45.6 Å². The zero-order valence-corrected chi connectivity index (χ0v) is 21.4. The molecule has 0 saturated carbocycles. The summed E-state index contributed by atoms with van der Waals surface area (Å²) in [5, 5.41) is 0.622. The molecule has 1 fully saturated rings. The quantitative estimate of drug-likeness (QED) is 0.387. The van der Waals surface area contributed by atoms with Gasteiger partial charge in [0.05, 0.1) is 22.2 Å². The molecular weight excluding hydrogens is 504 g/mol. The summed E-state index contributed by atoms with van der Waals surface area (Å²) in [6.45, 7) is 9.55. The molecule has 0 spiro atoms. The lowest BCUT2D eigenvalue weighted by Gasteiger charge is -2.35. The lowest BCUT2D eigenvalue weighted by Crippen LogP contribution is -2.45. The van der Waals surface area contributed by atoms with Crippen LogP contribution in [-0.4, -0.2) is 54.2 Å². The molecule has 2 aromatic rings. The fourth-order valence-corrected chi connectivity index (χ4v) is 4.43. The summed E-state index contributed by atoms with van der Waals surface area (Å²) >= 11 is 12.9. The number of carbonyl (C=O) groups excluding carboxylic acids is 1. The topological polar surface area (TPSA) is 42.0 Å². The minimum Gasteiger partial charge on any atom is -0.473 e. The lowest BCUT2D eigenvalue weighted by molar-refractivity contribution is -0.158. The van der Waals surface area contributed by atoms with Gasteiger partial charge in [-0.05, 0) is 56.2 Å². The molecule has 0 aromatic heterocycles. The van der Waals surface area contributed by atoms with Crippen molar-refractivity contribution >= 4 is 29.2 Å². The predicted molar refractivity (Wildman–Crippen MR) is 130 cm³/mol. The van der Waals surface area contributed by atoms with Gasteiger partial charge in [0.1, 0.15) is 0 Å². The van der Waals surface area contributed by atoms with Gasteiger partial charge >= 0.3 is 12.1 Å². The Kier molecular flexibility index (Phi) is 8.96. The summed E-state index contributed by atoms with van der Waals surface area (Å²) in [7, 11) is 0. The van der Waals surface area contributed by atoms with Crippen molar-refractivity contribution in [2.75, 3.05) is 32.8 Å². The molecule has 192 valence electrons. The number of piperazine rings is 1. The Morgan fingerprint density at radius 2 is 1.40 bits per heavy atom. The number of hydrogen-bond acceptors (Lipinski definition) is 5. The molecule has 0 N–H and O–H groups in total. The van der Waals surface area contributed by atoms with Crippen LogP contribution in [0.15, 0.2) is 36.4 Å². The van der Waals surface area contributed by atoms with Gasteiger partial charge in [-0.2, -0.15) is 13.2 Å². The zero-order chi connectivity index (χ0) is 25.8. The Morgan fingerprint density at radius 3 is 1.86 bits per heavy atom. The van der Waals surface area contributed by atoms with Gasteiger partial charge in [0, 0.05) is 39.3 Å². The van der Waals surface area contributed by atoms with Gasteiger partial charge in [-0.1, -0.05) is 35.3 Å². The van der Waals surface area contributed by atoms with E-state index in [4.69, 9.17) is 32.7 Å². The summed E-state index contributed by atoms with van der Waals surface area (Å²) in [5.74, 6) is -0.276. The van der Waals surface area contributed by atoms with Crippen LogP contribution in [0.5, 0.6) is 5.75 Å². The number of benzene rings is 2. The number of carbonyl (C=O) groups is 1. The van der Waals surface area contributed by atoms with Crippen molar-refractivity contribution in [1.82, 2.24) is 9.80 Å². The molecule has 1 heterocycles. The first-order chi connectivity index (χ1) is 16.4. The number of ether oxygens (including phenoxy) is 2. The molecule has 1 aliphatic heterocycles. The molecular formula is C25H29Cl2F3N2O3. The minimum absolute atomic E-state index is 0.233. The van der Waals surface area contributed by atoms with Crippen molar-refractivity contribution in [3.63, 3.8) is 0 Å². The summed E-state index contributed by atoms with van der Waals surface area (Å²) < 4.78 is 49.1. The maximum Gasteiger partial charge on any atom is 0.416 e. The van der Waals surface area contributed by atoms with Crippen molar-refractivity contribution in [3.8, 4) is 5.75 Å². The Bertz CT molecular complexity index is 999. The molecule has 0 radical (unpaired) electrons. The first-order valence-corrected chi connectivity index (χ1v) is 12.1. The average molecular weight is 533 g/mol. The van der Waals surface area contributed by atoms with Gasteiger partial charge in [-0.15, -0.1) is 0 Å². The molecule has 0 aliphatic carbocycles. The van der Waals surface area contributed by atoms with E-state index in [1.54, 1.807) is 32.9 Å². The summed E-state index contributed by atoms with van der Waals surface area (Å²) in [6.07, 6.45) is -4.32. The molecule has 10 heteroatoms. The van der Waals surface area contributed by atoms with Crippen LogP contribution in [0.3, 0.4) is 0 Å². The van der Waals surface area contributed by atoms with Crippen LogP contribution in [0, 0.1) is 0 Å². The average Bonchev–Trinajstić information content (AvgIpc) is 2.78. The fraction of sp³-hybridized carbons (Fsp3) is 0.480. The van der Waals surface area contributed by atoms with Gasteiger partial charge in [0.25, 0.3) is 0 Å². The highest BCUT2D eigenvalue weighted by Crippen LogP contribution is 2.37. The van der Waals surface area contributed by atoms with Crippen molar-refractivity contribution in [2.24, 2.45) is 0 Å². The van der Waals surface area contributed by atoms with E-state index in [2.05, 4.69) is 9.80 Å². The Morgan fingerprint density at radius 1 is 0.914 bits per heavy atom. The number of alkyl halides is 3. The largest absolute Gasteiger partial charge is 0.473 e. The van der Waals surface area contributed by atoms with E-state index < -0.39 is 23.3 Å². The van der Waals surface area contributed by atoms with Gasteiger partial charge in [0.15, 0.2) is 11.4 Å². The second-order valence-electron chi connectivity index (χ2n) is 8.97. The van der Waals surface area contributed by atoms with Gasteiger partial charge in [-0.3, -0.25) is 9.80 Å². The molecule has 1 aliphatic rings. The van der Waals surface area contributed by atoms with Crippen LogP contribution in [0.1, 0.15) is 37.5 Å². The van der Waals surface area contributed by atoms with E-state index >= 15 is 0 Å². The van der Waals surface area contributed by atoms with Crippen LogP contribution < -0.4 is 4.74 Å². The molecule has 0 unspecified atom stereocenters. The van der Waals surface area contributed by atoms with E-state index in [1.165, 1.54) is 12.1 Å². The number of hydrogen-bond donors (Lipinski definition) is 0. The van der Waals surface area contributed by atoms with Crippen LogP contribution >= 0.6 is 23.2 Å². The normalized spacial score (nSPS) is 15.8. The van der Waals surface area contributed by atoms with E-state index in [9.17, 15) is 18.0 Å². The number of nitrogens with zero attached hydrogens (tertiary/aromatic N) is 2. The molecule has 0 amide bonds. The highest BCUT2D eigenvalue weighted by atomic mass is 35.5. The lowest BCUT2D eigenvalue weighted by atomic mass is 10.1. The predicted octanol–water partition coefficient (Wildman–Crippen LogP) is 6.05. The second kappa shape index (κ2) is 11.4. The number of rotatable bonds is 8. The maximum atomic E-state index is 12.7. The van der Waals surface area contributed by atoms with Gasteiger partial charge in [-0.25, -0.2) is 4.79 Å². The molecule has 0 bridgehead atoms. The Balaban J connectivity index is 1.55. The monoisotopic (exact) mass is 532 g/mol. The smallest absolute Gasteiger partial charge is 0.416 e. The van der Waals surface area contributed by atoms with Crippen LogP contribution in [0.25, 0.3) is 0 Å². The van der Waals surface area contributed by atoms with Gasteiger partial charge < -0.3 is 9.47 Å². The number of esters is 1. The second-order valence-corrected chi connectivity index (χ2v) is 9.78. The van der Waals surface area contributed by atoms with E-state index in [0.29, 0.717) is 23.1 Å². The van der Waals surface area contributed by atoms with Crippen molar-refractivity contribution in [3.05, 3.63) is 63.1 Å². The summed E-state index contributed by atoms with van der Waals surface area (Å²) in [6, 6.07) is 8.87. The van der Waals surface area contributed by atoms with Crippen LogP contribution in [0.2, 0.25) is 10.0 Å². The third-order valence-corrected chi connectivity index (χ3v) is 6.30. The Labute approximate surface area is 213 Å². The van der Waals surface area contributed by atoms with Gasteiger partial charge in [0.2, 0.25) is 0 Å². The van der Waals surface area contributed by atoms with Crippen LogP contribution in [0.4, 0.5) is 13.2 Å². The molecule has 5 nitrogen and oxygen atoms in total. The minimum atomic E-state index is -4.32. The van der Waals surface area contributed by atoms with E-state index in [1.807, 2.05) is 0 Å². The van der Waals surface area contributed by atoms with E-state index in [-0.39, 0.29) is 12.4 Å². The maximum absolute atomic E-state index is 12.7. The fourth-order valence-electron chi connectivity index (χ4n) is 3.82. The summed E-state index contributed by atoms with van der Waals surface area (Å²) in [4.78, 5) is 16.6. The highest BCUT2D eigenvalue weighted by Gasteiger charge is 2.33. The number of halogens is 5. The standard InChI is InChI=1S/C25H29Cl2F3N2O3/c1-4-34-23(33)24(2,3)35-22-20(26)13-18(14-21(22)27)16-32-11-9-31(10-12-32)15-17-5-7-19(8-6-17)25(28,29)30/h5-8,13-14H,4,9-12,15-16H2,1-3H3. The molecule has 1 saturated heterocycles. The van der Waals surface area contributed by atoms with Crippen molar-refractivity contribution < 1.29 is 27.4 Å². The third kappa shape index (κ3) is 7.49. The SMILES string of the molecule is CCOC(=O)C(C)(C)Oc1c(Cl)cc(CN2CCN(Cc3ccc(C(F)(F)F)cc3)CC2)cc1Cl. The third-order valence-electron chi connectivity index (χ3n) is 5.74. The van der Waals surface area contributed by atoms with E-state index in [0.717, 1.165) is 49.4 Å². The molecule has 35 heavy (non-hydrogen) atoms. The highest BCUT2D eigenvalue weighted by molar-refractivity contribution is 6.37. The molecule has 0 atom stereocenters. The first kappa shape index (κ1) is 27.6. The summed E-state index contributed by atoms with van der Waals surface area (Å²) in [5.41, 5.74) is -0.109. The van der Waals surface area contributed by atoms with Crippen LogP contribution in [-0.2, 0) is 28.8 Å².